The summed E-state index contributed by atoms with van der Waals surface area (Å²) >= 11 is 0. The molecule has 1 aliphatic rings. The first-order chi connectivity index (χ1) is 13.2. The molecule has 1 aliphatic heterocycles. The average molecular weight is 358 g/mol. The van der Waals surface area contributed by atoms with Gasteiger partial charge in [0.15, 0.2) is 0 Å². The highest BCUT2D eigenvalue weighted by atomic mass is 16.3. The van der Waals surface area contributed by atoms with Crippen molar-refractivity contribution in [2.75, 3.05) is 11.4 Å². The molecule has 27 heavy (non-hydrogen) atoms. The summed E-state index contributed by atoms with van der Waals surface area (Å²) in [6.07, 6.45) is -0.776. The van der Waals surface area contributed by atoms with Gasteiger partial charge in [-0.25, -0.2) is 0 Å². The van der Waals surface area contributed by atoms with Crippen LogP contribution in [0.5, 0.6) is 0 Å². The number of carbonyl (C=O) groups excluding carboxylic acids is 1. The molecule has 0 spiro atoms. The monoisotopic (exact) mass is 358 g/mol. The molecule has 0 aromatic heterocycles. The van der Waals surface area contributed by atoms with Crippen LogP contribution in [-0.4, -0.2) is 28.7 Å². The van der Waals surface area contributed by atoms with Crippen LogP contribution in [0.1, 0.15) is 21.5 Å². The van der Waals surface area contributed by atoms with Crippen LogP contribution in [0.25, 0.3) is 0 Å². The third kappa shape index (κ3) is 3.71. The maximum absolute atomic E-state index is 13.2. The number of rotatable bonds is 4. The molecule has 3 aromatic carbocycles. The van der Waals surface area contributed by atoms with Crippen LogP contribution in [0.2, 0.25) is 0 Å². The van der Waals surface area contributed by atoms with Gasteiger partial charge in [0.1, 0.15) is 6.23 Å². The van der Waals surface area contributed by atoms with Gasteiger partial charge in [-0.2, -0.15) is 0 Å². The molecule has 1 atom stereocenters. The van der Waals surface area contributed by atoms with E-state index in [1.54, 1.807) is 4.90 Å². The first-order valence-corrected chi connectivity index (χ1v) is 9.13. The Morgan fingerprint density at radius 1 is 0.778 bits per heavy atom. The fourth-order valence-corrected chi connectivity index (χ4v) is 3.53. The summed E-state index contributed by atoms with van der Waals surface area (Å²) in [5.41, 5.74) is 3.54. The van der Waals surface area contributed by atoms with Crippen molar-refractivity contribution in [3.05, 3.63) is 102 Å². The summed E-state index contributed by atoms with van der Waals surface area (Å²) in [7, 11) is 0. The lowest BCUT2D eigenvalue weighted by atomic mass is 10.1. The van der Waals surface area contributed by atoms with E-state index in [-0.39, 0.29) is 12.5 Å². The van der Waals surface area contributed by atoms with Crippen molar-refractivity contribution in [2.24, 2.45) is 0 Å². The zero-order valence-electron chi connectivity index (χ0n) is 15.0. The number of β-amino-alcohol motifs (C(OH)–C–C–N with tert-alkyl or cyclic N) is 1. The standard InChI is InChI=1S/C23H22N2O2/c26-22-17-24(15-18-9-3-1-4-10-18)23(27)20-13-7-8-14-21(20)25(22)16-19-11-5-2-6-12-19/h1-14,22,26H,15-17H2. The number of amides is 1. The highest BCUT2D eigenvalue weighted by Crippen LogP contribution is 2.29. The van der Waals surface area contributed by atoms with Gasteiger partial charge in [0.05, 0.1) is 17.8 Å². The van der Waals surface area contributed by atoms with Gasteiger partial charge in [0, 0.05) is 13.1 Å². The number of hydrogen-bond donors (Lipinski definition) is 1. The Morgan fingerprint density at radius 2 is 1.33 bits per heavy atom. The van der Waals surface area contributed by atoms with Crippen molar-refractivity contribution < 1.29 is 9.90 Å². The zero-order valence-corrected chi connectivity index (χ0v) is 15.0. The van der Waals surface area contributed by atoms with Crippen LogP contribution in [0.4, 0.5) is 5.69 Å². The van der Waals surface area contributed by atoms with Crippen molar-refractivity contribution in [3.63, 3.8) is 0 Å². The number of anilines is 1. The summed E-state index contributed by atoms with van der Waals surface area (Å²) in [6.45, 7) is 1.28. The van der Waals surface area contributed by atoms with E-state index >= 15 is 0 Å². The lowest BCUT2D eigenvalue weighted by Crippen LogP contribution is -2.42. The number of hydrogen-bond acceptors (Lipinski definition) is 3. The second-order valence-electron chi connectivity index (χ2n) is 6.78. The quantitative estimate of drug-likeness (QED) is 0.774. The molecule has 4 heteroatoms. The number of aliphatic hydroxyl groups is 1. The zero-order chi connectivity index (χ0) is 18.6. The molecule has 1 N–H and O–H groups in total. The molecule has 4 rings (SSSR count). The van der Waals surface area contributed by atoms with Gasteiger partial charge in [-0.3, -0.25) is 4.79 Å². The predicted molar refractivity (Wildman–Crippen MR) is 106 cm³/mol. The Hall–Kier alpha value is -3.11. The lowest BCUT2D eigenvalue weighted by molar-refractivity contribution is 0.0624. The number of fused-ring (bicyclic) bond motifs is 1. The Balaban J connectivity index is 1.68. The number of para-hydroxylation sites is 1. The second kappa shape index (κ2) is 7.64. The molecule has 0 aliphatic carbocycles. The Bertz CT molecular complexity index is 912. The van der Waals surface area contributed by atoms with Crippen LogP contribution >= 0.6 is 0 Å². The van der Waals surface area contributed by atoms with Gasteiger partial charge in [-0.15, -0.1) is 0 Å². The molecule has 0 saturated heterocycles. The molecular formula is C23H22N2O2. The van der Waals surface area contributed by atoms with Crippen molar-refractivity contribution >= 4 is 11.6 Å². The molecule has 1 amide bonds. The summed E-state index contributed by atoms with van der Waals surface area (Å²) in [5.74, 6) is -0.0518. The second-order valence-corrected chi connectivity index (χ2v) is 6.78. The average Bonchev–Trinajstić information content (AvgIpc) is 2.81. The topological polar surface area (TPSA) is 43.8 Å². The van der Waals surface area contributed by atoms with E-state index in [4.69, 9.17) is 0 Å². The highest BCUT2D eigenvalue weighted by Gasteiger charge is 2.31. The van der Waals surface area contributed by atoms with Crippen molar-refractivity contribution in [3.8, 4) is 0 Å². The van der Waals surface area contributed by atoms with Crippen LogP contribution in [0.15, 0.2) is 84.9 Å². The van der Waals surface area contributed by atoms with Gasteiger partial charge in [0.2, 0.25) is 0 Å². The summed E-state index contributed by atoms with van der Waals surface area (Å²) in [4.78, 5) is 16.8. The Labute approximate surface area is 159 Å². The third-order valence-corrected chi connectivity index (χ3v) is 4.89. The first kappa shape index (κ1) is 17.3. The minimum absolute atomic E-state index is 0.0518. The van der Waals surface area contributed by atoms with E-state index in [1.165, 1.54) is 0 Å². The summed E-state index contributed by atoms with van der Waals surface area (Å²) < 4.78 is 0. The highest BCUT2D eigenvalue weighted by molar-refractivity contribution is 6.00. The fraction of sp³-hybridized carbons (Fsp3) is 0.174. The molecule has 136 valence electrons. The summed E-state index contributed by atoms with van der Waals surface area (Å²) in [6, 6.07) is 27.4. The number of benzene rings is 3. The smallest absolute Gasteiger partial charge is 0.256 e. The van der Waals surface area contributed by atoms with Crippen molar-refractivity contribution in [2.45, 2.75) is 19.3 Å². The van der Waals surface area contributed by atoms with Crippen LogP contribution in [-0.2, 0) is 13.1 Å². The van der Waals surface area contributed by atoms with Gasteiger partial charge < -0.3 is 14.9 Å². The van der Waals surface area contributed by atoms with Gasteiger partial charge in [0.25, 0.3) is 5.91 Å². The molecule has 3 aromatic rings. The molecule has 0 saturated carbocycles. The van der Waals surface area contributed by atoms with E-state index < -0.39 is 6.23 Å². The summed E-state index contributed by atoms with van der Waals surface area (Å²) in [5, 5.41) is 11.0. The number of aliphatic hydroxyl groups excluding tert-OH is 1. The largest absolute Gasteiger partial charge is 0.372 e. The predicted octanol–water partition coefficient (Wildman–Crippen LogP) is 3.67. The van der Waals surface area contributed by atoms with Gasteiger partial charge >= 0.3 is 0 Å². The molecule has 0 fully saturated rings. The molecular weight excluding hydrogens is 336 g/mol. The van der Waals surface area contributed by atoms with Crippen LogP contribution in [0.3, 0.4) is 0 Å². The fourth-order valence-electron chi connectivity index (χ4n) is 3.53. The molecule has 4 nitrogen and oxygen atoms in total. The van der Waals surface area contributed by atoms with Crippen LogP contribution < -0.4 is 4.90 Å². The third-order valence-electron chi connectivity index (χ3n) is 4.89. The molecule has 0 bridgehead atoms. The first-order valence-electron chi connectivity index (χ1n) is 9.13. The molecule has 0 radical (unpaired) electrons. The maximum atomic E-state index is 13.2. The molecule has 1 heterocycles. The number of nitrogens with zero attached hydrogens (tertiary/aromatic N) is 2. The van der Waals surface area contributed by atoms with Crippen LogP contribution in [0, 0.1) is 0 Å². The lowest BCUT2D eigenvalue weighted by Gasteiger charge is -2.30. The van der Waals surface area contributed by atoms with E-state index in [2.05, 4.69) is 0 Å². The van der Waals surface area contributed by atoms with E-state index in [9.17, 15) is 9.90 Å². The Kier molecular flexibility index (Phi) is 4.90. The van der Waals surface area contributed by atoms with E-state index in [0.29, 0.717) is 18.7 Å². The van der Waals surface area contributed by atoms with Gasteiger partial charge in [-0.1, -0.05) is 72.8 Å². The Morgan fingerprint density at radius 3 is 2.00 bits per heavy atom. The minimum atomic E-state index is -0.776. The normalized spacial score (nSPS) is 16.8. The molecule has 1 unspecified atom stereocenters. The SMILES string of the molecule is O=C1c2ccccc2N(Cc2ccccc2)C(O)CN1Cc1ccccc1. The van der Waals surface area contributed by atoms with Crippen molar-refractivity contribution in [1.29, 1.82) is 0 Å². The van der Waals surface area contributed by atoms with Gasteiger partial charge in [-0.05, 0) is 23.3 Å². The minimum Gasteiger partial charge on any atom is -0.372 e. The van der Waals surface area contributed by atoms with Crippen molar-refractivity contribution in [1.82, 2.24) is 4.90 Å². The number of carbonyl (C=O) groups is 1. The maximum Gasteiger partial charge on any atom is 0.256 e. The van der Waals surface area contributed by atoms with E-state index in [1.807, 2.05) is 89.8 Å². The van der Waals surface area contributed by atoms with E-state index in [0.717, 1.165) is 16.8 Å².